The molecule has 0 spiro atoms. The van der Waals surface area contributed by atoms with E-state index in [1.54, 1.807) is 16.8 Å². The minimum atomic E-state index is -4.54. The third-order valence-electron chi connectivity index (χ3n) is 5.95. The third-order valence-corrected chi connectivity index (χ3v) is 5.95. The van der Waals surface area contributed by atoms with Crippen LogP contribution in [0.15, 0.2) is 30.5 Å². The van der Waals surface area contributed by atoms with Crippen LogP contribution in [-0.4, -0.2) is 38.8 Å². The number of aromatic nitrogens is 3. The molecule has 3 aliphatic rings. The minimum Gasteiger partial charge on any atom is -0.507 e. The summed E-state index contributed by atoms with van der Waals surface area (Å²) < 4.78 is 59.4. The summed E-state index contributed by atoms with van der Waals surface area (Å²) in [5.41, 5.74) is -0.754. The molecule has 1 saturated carbocycles. The molecule has 2 aromatic heterocycles. The smallest absolute Gasteiger partial charge is 0.416 e. The van der Waals surface area contributed by atoms with Gasteiger partial charge in [0.25, 0.3) is 0 Å². The number of hydrogen-bond donors (Lipinski definition) is 1. The van der Waals surface area contributed by atoms with Crippen LogP contribution in [-0.2, 0) is 16.5 Å². The van der Waals surface area contributed by atoms with E-state index in [-0.39, 0.29) is 16.7 Å². The molecule has 4 heterocycles. The first-order chi connectivity index (χ1) is 13.6. The quantitative estimate of drug-likeness (QED) is 0.656. The molecule has 0 amide bonds. The van der Waals surface area contributed by atoms with Crippen molar-refractivity contribution in [2.45, 2.75) is 37.1 Å². The van der Waals surface area contributed by atoms with Gasteiger partial charge in [-0.3, -0.25) is 4.68 Å². The number of pyridine rings is 1. The van der Waals surface area contributed by atoms with E-state index >= 15 is 0 Å². The number of benzene rings is 1. The largest absolute Gasteiger partial charge is 0.507 e. The number of rotatable bonds is 3. The van der Waals surface area contributed by atoms with Gasteiger partial charge in [0.15, 0.2) is 5.65 Å². The third kappa shape index (κ3) is 2.63. The number of fused-ring (bicyclic) bond motifs is 2. The number of phenols is 1. The average Bonchev–Trinajstić information content (AvgIpc) is 3.31. The van der Waals surface area contributed by atoms with Crippen LogP contribution in [0.5, 0.6) is 5.75 Å². The van der Waals surface area contributed by atoms with Crippen LogP contribution in [0.2, 0.25) is 0 Å². The monoisotopic (exact) mass is 407 g/mol. The summed E-state index contributed by atoms with van der Waals surface area (Å²) in [6.07, 6.45) is -1.62. The van der Waals surface area contributed by atoms with Gasteiger partial charge in [-0.25, -0.2) is 9.37 Å². The highest BCUT2D eigenvalue weighted by Gasteiger charge is 2.64. The van der Waals surface area contributed by atoms with Gasteiger partial charge in [-0.1, -0.05) is 0 Å². The molecule has 2 bridgehead atoms. The fraction of sp³-hybridized carbons (Fsp3) is 0.400. The number of ether oxygens (including phenoxy) is 1. The van der Waals surface area contributed by atoms with Crippen molar-refractivity contribution in [2.24, 2.45) is 0 Å². The minimum absolute atomic E-state index is 0.233. The van der Waals surface area contributed by atoms with Gasteiger partial charge < -0.3 is 9.84 Å². The van der Waals surface area contributed by atoms with Gasteiger partial charge in [-0.05, 0) is 36.8 Å². The average molecular weight is 407 g/mol. The number of aromatic hydroxyl groups is 1. The molecule has 152 valence electrons. The van der Waals surface area contributed by atoms with Crippen LogP contribution >= 0.6 is 0 Å². The molecule has 0 unspecified atom stereocenters. The molecule has 0 radical (unpaired) electrons. The molecule has 6 rings (SSSR count). The Bertz CT molecular complexity index is 1110. The van der Waals surface area contributed by atoms with Crippen molar-refractivity contribution in [3.05, 3.63) is 41.6 Å². The Kier molecular flexibility index (Phi) is 3.60. The van der Waals surface area contributed by atoms with Crippen LogP contribution in [0.1, 0.15) is 24.0 Å². The molecule has 29 heavy (non-hydrogen) atoms. The Hall–Kier alpha value is -2.68. The van der Waals surface area contributed by atoms with Gasteiger partial charge in [-0.15, -0.1) is 0 Å². The number of aryl methyl sites for hydroxylation is 1. The Morgan fingerprint density at radius 2 is 2.00 bits per heavy atom. The van der Waals surface area contributed by atoms with Crippen molar-refractivity contribution in [3.8, 4) is 17.0 Å². The zero-order valence-corrected chi connectivity index (χ0v) is 15.4. The molecule has 3 fully saturated rings. The number of alkyl halides is 4. The summed E-state index contributed by atoms with van der Waals surface area (Å²) >= 11 is 0. The number of nitrogens with zero attached hydrogens (tertiary/aromatic N) is 3. The van der Waals surface area contributed by atoms with E-state index in [1.807, 2.05) is 6.20 Å². The first-order valence-electron chi connectivity index (χ1n) is 9.13. The number of halogens is 4. The van der Waals surface area contributed by atoms with Crippen molar-refractivity contribution >= 4 is 11.0 Å². The molecule has 0 atom stereocenters. The van der Waals surface area contributed by atoms with E-state index in [2.05, 4.69) is 10.1 Å². The molecule has 5 nitrogen and oxygen atoms in total. The standard InChI is InChI=1S/C20H17F4N3O2/c1-11-4-13(20(22,23)24)5-15(28)16(11)14-3-2-12-6-27(26-17(12)25-14)18-7-19(8-18,9-21)29-10-18/h2-6,28H,7-10H2,1H3. The Labute approximate surface area is 162 Å². The fourth-order valence-electron chi connectivity index (χ4n) is 4.55. The highest BCUT2D eigenvalue weighted by atomic mass is 19.4. The molecule has 3 aromatic rings. The van der Waals surface area contributed by atoms with Crippen LogP contribution in [0, 0.1) is 6.92 Å². The van der Waals surface area contributed by atoms with E-state index in [1.165, 1.54) is 6.92 Å². The second-order valence-electron chi connectivity index (χ2n) is 8.05. The summed E-state index contributed by atoms with van der Waals surface area (Å²) in [7, 11) is 0. The molecule has 1 aromatic carbocycles. The second kappa shape index (κ2) is 5.69. The highest BCUT2D eigenvalue weighted by Crippen LogP contribution is 2.56. The maximum Gasteiger partial charge on any atom is 0.416 e. The normalized spacial score (nSPS) is 26.1. The Morgan fingerprint density at radius 1 is 1.24 bits per heavy atom. The van der Waals surface area contributed by atoms with Crippen molar-refractivity contribution < 1.29 is 27.4 Å². The molecular formula is C20H17F4N3O2. The topological polar surface area (TPSA) is 60.2 Å². The summed E-state index contributed by atoms with van der Waals surface area (Å²) in [6, 6.07) is 5.08. The van der Waals surface area contributed by atoms with Crippen molar-refractivity contribution in [3.63, 3.8) is 0 Å². The number of phenolic OH excluding ortho intramolecular Hbond substituents is 1. The van der Waals surface area contributed by atoms with Gasteiger partial charge in [0.05, 0.1) is 23.4 Å². The first-order valence-corrected chi connectivity index (χ1v) is 9.13. The summed E-state index contributed by atoms with van der Waals surface area (Å²) in [6.45, 7) is 1.36. The predicted molar refractivity (Wildman–Crippen MR) is 96.2 cm³/mol. The summed E-state index contributed by atoms with van der Waals surface area (Å²) in [5, 5.41) is 15.5. The molecule has 2 saturated heterocycles. The zero-order chi connectivity index (χ0) is 20.6. The molecule has 1 aliphatic carbocycles. The van der Waals surface area contributed by atoms with Gasteiger partial charge in [0.2, 0.25) is 0 Å². The second-order valence-corrected chi connectivity index (χ2v) is 8.05. The first kappa shape index (κ1) is 18.4. The summed E-state index contributed by atoms with van der Waals surface area (Å²) in [5.74, 6) is -0.488. The molecular weight excluding hydrogens is 390 g/mol. The lowest BCUT2D eigenvalue weighted by Gasteiger charge is -2.42. The molecule has 9 heteroatoms. The lowest BCUT2D eigenvalue weighted by atomic mass is 9.69. The fourth-order valence-corrected chi connectivity index (χ4v) is 4.55. The van der Waals surface area contributed by atoms with Gasteiger partial charge in [0, 0.05) is 30.0 Å². The molecule has 1 N–H and O–H groups in total. The lowest BCUT2D eigenvalue weighted by Crippen LogP contribution is -2.52. The van der Waals surface area contributed by atoms with Crippen LogP contribution in [0.4, 0.5) is 17.6 Å². The maximum absolute atomic E-state index is 13.2. The van der Waals surface area contributed by atoms with Crippen molar-refractivity contribution in [2.75, 3.05) is 13.3 Å². The van der Waals surface area contributed by atoms with E-state index in [0.29, 0.717) is 36.9 Å². The van der Waals surface area contributed by atoms with Crippen molar-refractivity contribution in [1.82, 2.24) is 14.8 Å². The highest BCUT2D eigenvalue weighted by molar-refractivity contribution is 5.80. The van der Waals surface area contributed by atoms with E-state index in [4.69, 9.17) is 4.74 Å². The van der Waals surface area contributed by atoms with Crippen molar-refractivity contribution in [1.29, 1.82) is 0 Å². The zero-order valence-electron chi connectivity index (χ0n) is 15.4. The predicted octanol–water partition coefficient (Wildman–Crippen LogP) is 4.36. The van der Waals surface area contributed by atoms with E-state index < -0.39 is 29.8 Å². The Balaban J connectivity index is 1.53. The number of hydrogen-bond acceptors (Lipinski definition) is 4. The van der Waals surface area contributed by atoms with Gasteiger partial charge in [0.1, 0.15) is 18.0 Å². The SMILES string of the molecule is Cc1cc(C(F)(F)F)cc(O)c1-c1ccc2cn(C34COC(CF)(C3)C4)nc2n1. The van der Waals surface area contributed by atoms with Crippen LogP contribution in [0.25, 0.3) is 22.3 Å². The maximum atomic E-state index is 13.2. The Morgan fingerprint density at radius 3 is 2.62 bits per heavy atom. The molecule has 2 aliphatic heterocycles. The van der Waals surface area contributed by atoms with Gasteiger partial charge in [-0.2, -0.15) is 18.3 Å². The van der Waals surface area contributed by atoms with E-state index in [0.717, 1.165) is 11.5 Å². The van der Waals surface area contributed by atoms with Gasteiger partial charge >= 0.3 is 6.18 Å². The van der Waals surface area contributed by atoms with Crippen LogP contribution in [0.3, 0.4) is 0 Å². The van der Waals surface area contributed by atoms with E-state index in [9.17, 15) is 22.7 Å². The lowest BCUT2D eigenvalue weighted by molar-refractivity contribution is -0.137. The van der Waals surface area contributed by atoms with Crippen LogP contribution < -0.4 is 0 Å². The summed E-state index contributed by atoms with van der Waals surface area (Å²) in [4.78, 5) is 4.45.